The molecule has 0 aromatic carbocycles. The topological polar surface area (TPSA) is 78.5 Å². The Morgan fingerprint density at radius 3 is 2.00 bits per heavy atom. The van der Waals surface area contributed by atoms with Crippen molar-refractivity contribution < 1.29 is 10.2 Å². The fraction of sp³-hybridized carbons (Fsp3) is 1.00. The maximum absolute atomic E-state index is 7.62. The smallest absolute Gasteiger partial charge is 0.0662 e. The van der Waals surface area contributed by atoms with Crippen molar-refractivity contribution in [1.29, 1.82) is 0 Å². The first-order valence-electron chi connectivity index (χ1n) is 3.98. The minimum Gasteiger partial charge on any atom is -0.394 e. The fourth-order valence-corrected chi connectivity index (χ4v) is 0.477. The minimum atomic E-state index is -0.125. The van der Waals surface area contributed by atoms with Crippen molar-refractivity contribution in [3.63, 3.8) is 0 Å². The average molecular weight is 164 g/mol. The van der Waals surface area contributed by atoms with Gasteiger partial charge in [0.05, 0.1) is 13.2 Å². The predicted molar refractivity (Wildman–Crippen MR) is 45.9 cm³/mol. The molecule has 5 N–H and O–H groups in total. The molecule has 0 rings (SSSR count). The Labute approximate surface area is 68.4 Å². The zero-order chi connectivity index (χ0) is 8.95. The van der Waals surface area contributed by atoms with E-state index in [1.165, 1.54) is 19.3 Å². The molecule has 0 aliphatic heterocycles. The maximum atomic E-state index is 7.62. The van der Waals surface area contributed by atoms with E-state index in [2.05, 4.69) is 12.3 Å². The quantitative estimate of drug-likeness (QED) is 0.253. The Morgan fingerprint density at radius 1 is 1.18 bits per heavy atom. The van der Waals surface area contributed by atoms with E-state index in [1.807, 2.05) is 0 Å². The van der Waals surface area contributed by atoms with Crippen LogP contribution < -0.4 is 11.3 Å². The molecule has 0 spiro atoms. The summed E-state index contributed by atoms with van der Waals surface area (Å²) in [7, 11) is 0. The molecule has 0 atom stereocenters. The van der Waals surface area contributed by atoms with Gasteiger partial charge < -0.3 is 10.2 Å². The van der Waals surface area contributed by atoms with Crippen LogP contribution in [-0.4, -0.2) is 30.0 Å². The zero-order valence-electron chi connectivity index (χ0n) is 7.21. The van der Waals surface area contributed by atoms with Gasteiger partial charge in [0, 0.05) is 6.54 Å². The molecular weight excluding hydrogens is 144 g/mol. The third-order valence-corrected chi connectivity index (χ3v) is 1.02. The second-order valence-corrected chi connectivity index (χ2v) is 2.11. The summed E-state index contributed by atoms with van der Waals surface area (Å²) >= 11 is 0. The molecular formula is C7H20N2O2. The molecule has 0 heterocycles. The van der Waals surface area contributed by atoms with Crippen molar-refractivity contribution in [1.82, 2.24) is 5.43 Å². The highest BCUT2D eigenvalue weighted by molar-refractivity contribution is 4.37. The number of aliphatic hydroxyl groups excluding tert-OH is 2. The summed E-state index contributed by atoms with van der Waals surface area (Å²) in [6.45, 7) is 2.88. The summed E-state index contributed by atoms with van der Waals surface area (Å²) in [5.41, 5.74) is 2.60. The summed E-state index contributed by atoms with van der Waals surface area (Å²) in [5, 5.41) is 15.2. The number of aliphatic hydroxyl groups is 2. The Bertz CT molecular complexity index is 47.7. The lowest BCUT2D eigenvalue weighted by Gasteiger charge is -1.93. The summed E-state index contributed by atoms with van der Waals surface area (Å²) in [6, 6.07) is 0. The van der Waals surface area contributed by atoms with Gasteiger partial charge in [0.2, 0.25) is 0 Å². The van der Waals surface area contributed by atoms with E-state index in [0.717, 1.165) is 6.54 Å². The molecule has 0 unspecified atom stereocenters. The first-order valence-corrected chi connectivity index (χ1v) is 3.98. The van der Waals surface area contributed by atoms with Crippen molar-refractivity contribution in [2.24, 2.45) is 5.84 Å². The second-order valence-electron chi connectivity index (χ2n) is 2.11. The molecule has 0 saturated carbocycles. The van der Waals surface area contributed by atoms with Gasteiger partial charge in [-0.25, -0.2) is 0 Å². The average Bonchev–Trinajstić information content (AvgIpc) is 2.06. The third-order valence-electron chi connectivity index (χ3n) is 1.02. The first-order chi connectivity index (χ1) is 5.33. The molecule has 4 heteroatoms. The van der Waals surface area contributed by atoms with Crippen LogP contribution in [0.2, 0.25) is 0 Å². The van der Waals surface area contributed by atoms with E-state index in [4.69, 9.17) is 16.1 Å². The van der Waals surface area contributed by atoms with Gasteiger partial charge in [-0.05, 0) is 6.42 Å². The third kappa shape index (κ3) is 25.8. The molecule has 4 nitrogen and oxygen atoms in total. The highest BCUT2D eigenvalue weighted by atomic mass is 16.3. The van der Waals surface area contributed by atoms with Crippen molar-refractivity contribution in [3.05, 3.63) is 0 Å². The number of nitrogens with one attached hydrogen (secondary N) is 1. The van der Waals surface area contributed by atoms with Crippen LogP contribution in [0.4, 0.5) is 0 Å². The van der Waals surface area contributed by atoms with Crippen molar-refractivity contribution >= 4 is 0 Å². The minimum absolute atomic E-state index is 0.125. The standard InChI is InChI=1S/C5H14N2.C2H6O2/c1-2-3-4-5-7-6;3-1-2-4/h7H,2-6H2,1H3;3-4H,1-2H2. The van der Waals surface area contributed by atoms with Gasteiger partial charge in [-0.2, -0.15) is 0 Å². The predicted octanol–water partition coefficient (Wildman–Crippen LogP) is -0.389. The normalized spacial score (nSPS) is 8.73. The SMILES string of the molecule is CCCCCNN.OCCO. The van der Waals surface area contributed by atoms with E-state index < -0.39 is 0 Å². The molecule has 0 aliphatic carbocycles. The van der Waals surface area contributed by atoms with Crippen molar-refractivity contribution in [3.8, 4) is 0 Å². The van der Waals surface area contributed by atoms with Crippen LogP contribution in [0.25, 0.3) is 0 Å². The molecule has 0 amide bonds. The first kappa shape index (κ1) is 13.4. The lowest BCUT2D eigenvalue weighted by atomic mass is 10.3. The van der Waals surface area contributed by atoms with Gasteiger partial charge in [-0.3, -0.25) is 11.3 Å². The number of nitrogens with two attached hydrogens (primary N) is 1. The van der Waals surface area contributed by atoms with Crippen LogP contribution in [0, 0.1) is 0 Å². The molecule has 0 aromatic rings. The Morgan fingerprint density at radius 2 is 1.73 bits per heavy atom. The van der Waals surface area contributed by atoms with E-state index in [1.54, 1.807) is 0 Å². The number of rotatable bonds is 5. The summed E-state index contributed by atoms with van der Waals surface area (Å²) in [6.07, 6.45) is 3.75. The van der Waals surface area contributed by atoms with Crippen LogP contribution in [0.15, 0.2) is 0 Å². The number of hydrogen-bond donors (Lipinski definition) is 4. The Kier molecular flexibility index (Phi) is 20.1. The van der Waals surface area contributed by atoms with Crippen LogP contribution in [0.1, 0.15) is 26.2 Å². The monoisotopic (exact) mass is 164 g/mol. The number of unbranched alkanes of at least 4 members (excludes halogenated alkanes) is 2. The molecule has 0 bridgehead atoms. The molecule has 0 saturated heterocycles. The van der Waals surface area contributed by atoms with E-state index in [0.29, 0.717) is 0 Å². The summed E-state index contributed by atoms with van der Waals surface area (Å²) in [5.74, 6) is 5.02. The van der Waals surface area contributed by atoms with Crippen LogP contribution in [0.3, 0.4) is 0 Å². The van der Waals surface area contributed by atoms with Crippen LogP contribution in [0.5, 0.6) is 0 Å². The van der Waals surface area contributed by atoms with Gasteiger partial charge in [0.1, 0.15) is 0 Å². The second kappa shape index (κ2) is 16.4. The van der Waals surface area contributed by atoms with E-state index >= 15 is 0 Å². The van der Waals surface area contributed by atoms with Gasteiger partial charge in [-0.1, -0.05) is 19.8 Å². The lowest BCUT2D eigenvalue weighted by molar-refractivity contribution is 0.186. The van der Waals surface area contributed by atoms with Crippen LogP contribution >= 0.6 is 0 Å². The Balaban J connectivity index is 0. The van der Waals surface area contributed by atoms with Gasteiger partial charge >= 0.3 is 0 Å². The van der Waals surface area contributed by atoms with Gasteiger partial charge in [-0.15, -0.1) is 0 Å². The van der Waals surface area contributed by atoms with Crippen molar-refractivity contribution in [2.45, 2.75) is 26.2 Å². The van der Waals surface area contributed by atoms with E-state index in [9.17, 15) is 0 Å². The molecule has 0 aromatic heterocycles. The zero-order valence-corrected chi connectivity index (χ0v) is 7.21. The molecule has 11 heavy (non-hydrogen) atoms. The molecule has 0 fully saturated rings. The largest absolute Gasteiger partial charge is 0.394 e. The van der Waals surface area contributed by atoms with Gasteiger partial charge in [0.25, 0.3) is 0 Å². The molecule has 70 valence electrons. The highest BCUT2D eigenvalue weighted by Gasteiger charge is 1.79. The number of hydrazine groups is 1. The van der Waals surface area contributed by atoms with Gasteiger partial charge in [0.15, 0.2) is 0 Å². The molecule has 0 radical (unpaired) electrons. The maximum Gasteiger partial charge on any atom is 0.0662 e. The molecule has 0 aliphatic rings. The highest BCUT2D eigenvalue weighted by Crippen LogP contribution is 1.89. The van der Waals surface area contributed by atoms with E-state index in [-0.39, 0.29) is 13.2 Å². The van der Waals surface area contributed by atoms with Crippen molar-refractivity contribution in [2.75, 3.05) is 19.8 Å². The number of hydrogen-bond acceptors (Lipinski definition) is 4. The Hall–Kier alpha value is -0.160. The summed E-state index contributed by atoms with van der Waals surface area (Å²) in [4.78, 5) is 0. The summed E-state index contributed by atoms with van der Waals surface area (Å²) < 4.78 is 0. The lowest BCUT2D eigenvalue weighted by Crippen LogP contribution is -2.22. The fourth-order valence-electron chi connectivity index (χ4n) is 0.477. The van der Waals surface area contributed by atoms with Crippen LogP contribution in [-0.2, 0) is 0 Å².